The van der Waals surface area contributed by atoms with Crippen LogP contribution < -0.4 is 4.74 Å². The fourth-order valence-electron chi connectivity index (χ4n) is 4.27. The molecular weight excluding hydrogens is 330 g/mol. The zero-order valence-corrected chi connectivity index (χ0v) is 16.1. The van der Waals surface area contributed by atoms with E-state index in [9.17, 15) is 4.79 Å². The number of amides is 1. The molecule has 0 aromatic heterocycles. The summed E-state index contributed by atoms with van der Waals surface area (Å²) in [7, 11) is 3.44. The summed E-state index contributed by atoms with van der Waals surface area (Å²) in [5.74, 6) is 1.19. The third kappa shape index (κ3) is 4.04. The number of hydrogen-bond acceptors (Lipinski definition) is 4. The van der Waals surface area contributed by atoms with Gasteiger partial charge >= 0.3 is 0 Å². The van der Waals surface area contributed by atoms with Crippen molar-refractivity contribution >= 4 is 5.91 Å². The fourth-order valence-corrected chi connectivity index (χ4v) is 4.27. The molecule has 1 amide bonds. The largest absolute Gasteiger partial charge is 0.496 e. The molecular formula is C21H31NO4. The highest BCUT2D eigenvalue weighted by molar-refractivity contribution is 5.76. The van der Waals surface area contributed by atoms with Crippen molar-refractivity contribution in [2.45, 2.75) is 50.5 Å². The van der Waals surface area contributed by atoms with E-state index in [1.165, 1.54) is 11.1 Å². The van der Waals surface area contributed by atoms with E-state index in [-0.39, 0.29) is 11.5 Å². The summed E-state index contributed by atoms with van der Waals surface area (Å²) < 4.78 is 17.0. The van der Waals surface area contributed by atoms with Gasteiger partial charge in [-0.3, -0.25) is 4.79 Å². The SMILES string of the molecule is COCCCCCC(=O)N1CCC2(CC1)OCCc1cccc(OC)c12. The van der Waals surface area contributed by atoms with Crippen LogP contribution in [0.5, 0.6) is 5.75 Å². The zero-order chi connectivity index (χ0) is 18.4. The van der Waals surface area contributed by atoms with Gasteiger partial charge in [-0.25, -0.2) is 0 Å². The van der Waals surface area contributed by atoms with Crippen molar-refractivity contribution < 1.29 is 19.0 Å². The van der Waals surface area contributed by atoms with E-state index in [0.29, 0.717) is 6.42 Å². The number of carbonyl (C=O) groups excluding carboxylic acids is 1. The van der Waals surface area contributed by atoms with Crippen molar-refractivity contribution in [3.63, 3.8) is 0 Å². The topological polar surface area (TPSA) is 48.0 Å². The maximum Gasteiger partial charge on any atom is 0.222 e. The molecule has 2 aliphatic rings. The Kier molecular flexibility index (Phi) is 6.54. The van der Waals surface area contributed by atoms with Crippen molar-refractivity contribution in [3.05, 3.63) is 29.3 Å². The second-order valence-electron chi connectivity index (χ2n) is 7.27. The van der Waals surface area contributed by atoms with Gasteiger partial charge in [-0.15, -0.1) is 0 Å². The number of benzene rings is 1. The van der Waals surface area contributed by atoms with E-state index in [2.05, 4.69) is 12.1 Å². The van der Waals surface area contributed by atoms with Gasteiger partial charge < -0.3 is 19.1 Å². The number of piperidine rings is 1. The van der Waals surface area contributed by atoms with Gasteiger partial charge in [-0.1, -0.05) is 18.6 Å². The molecule has 0 atom stereocenters. The Morgan fingerprint density at radius 3 is 2.73 bits per heavy atom. The van der Waals surface area contributed by atoms with Crippen LogP contribution in [0.25, 0.3) is 0 Å². The molecule has 1 aromatic carbocycles. The minimum atomic E-state index is -0.296. The lowest BCUT2D eigenvalue weighted by atomic mass is 9.78. The lowest BCUT2D eigenvalue weighted by Gasteiger charge is -2.45. The monoisotopic (exact) mass is 361 g/mol. The van der Waals surface area contributed by atoms with Crippen LogP contribution in [-0.2, 0) is 26.3 Å². The molecule has 1 saturated heterocycles. The number of methoxy groups -OCH3 is 2. The molecule has 5 nitrogen and oxygen atoms in total. The van der Waals surface area contributed by atoms with Crippen LogP contribution in [0.4, 0.5) is 0 Å². The maximum absolute atomic E-state index is 12.5. The highest BCUT2D eigenvalue weighted by atomic mass is 16.5. The summed E-state index contributed by atoms with van der Waals surface area (Å²) in [4.78, 5) is 14.5. The lowest BCUT2D eigenvalue weighted by molar-refractivity contribution is -0.141. The fraction of sp³-hybridized carbons (Fsp3) is 0.667. The molecule has 2 heterocycles. The van der Waals surface area contributed by atoms with Crippen molar-refractivity contribution in [2.24, 2.45) is 0 Å². The van der Waals surface area contributed by atoms with Crippen molar-refractivity contribution in [1.82, 2.24) is 4.90 Å². The van der Waals surface area contributed by atoms with E-state index >= 15 is 0 Å². The highest BCUT2D eigenvalue weighted by Gasteiger charge is 2.43. The molecule has 5 heteroatoms. The molecule has 1 fully saturated rings. The molecule has 1 spiro atoms. The van der Waals surface area contributed by atoms with E-state index < -0.39 is 0 Å². The number of rotatable bonds is 7. The van der Waals surface area contributed by atoms with Crippen molar-refractivity contribution in [3.8, 4) is 5.75 Å². The predicted octanol–water partition coefficient (Wildman–Crippen LogP) is 3.29. The van der Waals surface area contributed by atoms with Gasteiger partial charge in [0, 0.05) is 38.8 Å². The summed E-state index contributed by atoms with van der Waals surface area (Å²) >= 11 is 0. The van der Waals surface area contributed by atoms with Crippen LogP contribution in [0.2, 0.25) is 0 Å². The molecule has 0 bridgehead atoms. The van der Waals surface area contributed by atoms with Gasteiger partial charge in [0.25, 0.3) is 0 Å². The Bertz CT molecular complexity index is 594. The Morgan fingerprint density at radius 1 is 1.19 bits per heavy atom. The van der Waals surface area contributed by atoms with Crippen molar-refractivity contribution in [2.75, 3.05) is 40.5 Å². The first-order valence-corrected chi connectivity index (χ1v) is 9.77. The summed E-state index contributed by atoms with van der Waals surface area (Å²) in [6.45, 7) is 3.04. The quantitative estimate of drug-likeness (QED) is 0.699. The first kappa shape index (κ1) is 19.2. The Labute approximate surface area is 156 Å². The second kappa shape index (κ2) is 8.87. The van der Waals surface area contributed by atoms with Crippen LogP contribution in [0.15, 0.2) is 18.2 Å². The van der Waals surface area contributed by atoms with E-state index in [1.807, 2.05) is 11.0 Å². The van der Waals surface area contributed by atoms with Gasteiger partial charge in [0.2, 0.25) is 5.91 Å². The zero-order valence-electron chi connectivity index (χ0n) is 16.1. The molecule has 2 aliphatic heterocycles. The van der Waals surface area contributed by atoms with Gasteiger partial charge in [0.15, 0.2) is 0 Å². The molecule has 0 aliphatic carbocycles. The molecule has 0 saturated carbocycles. The van der Waals surface area contributed by atoms with E-state index in [1.54, 1.807) is 14.2 Å². The maximum atomic E-state index is 12.5. The number of nitrogens with zero attached hydrogens (tertiary/aromatic N) is 1. The average molecular weight is 361 g/mol. The Morgan fingerprint density at radius 2 is 2.00 bits per heavy atom. The van der Waals surface area contributed by atoms with Crippen molar-refractivity contribution in [1.29, 1.82) is 0 Å². The van der Waals surface area contributed by atoms with E-state index in [4.69, 9.17) is 14.2 Å². The van der Waals surface area contributed by atoms with Gasteiger partial charge in [0.05, 0.1) is 13.7 Å². The molecule has 0 unspecified atom stereocenters. The second-order valence-corrected chi connectivity index (χ2v) is 7.27. The molecule has 26 heavy (non-hydrogen) atoms. The standard InChI is InChI=1S/C21H31NO4/c1-24-15-5-3-4-9-19(23)22-13-11-21(12-14-22)20-17(10-16-26-21)7-6-8-18(20)25-2/h6-8H,3-5,9-16H2,1-2H3. The van der Waals surface area contributed by atoms with Gasteiger partial charge in [0.1, 0.15) is 11.4 Å². The highest BCUT2D eigenvalue weighted by Crippen LogP contribution is 2.45. The Hall–Kier alpha value is -1.59. The first-order chi connectivity index (χ1) is 12.7. The Balaban J connectivity index is 1.60. The average Bonchev–Trinajstić information content (AvgIpc) is 2.68. The number of hydrogen-bond donors (Lipinski definition) is 0. The minimum absolute atomic E-state index is 0.272. The van der Waals surface area contributed by atoms with Crippen LogP contribution in [0.3, 0.4) is 0 Å². The molecule has 0 radical (unpaired) electrons. The number of ether oxygens (including phenoxy) is 3. The van der Waals surface area contributed by atoms with Crippen LogP contribution in [0.1, 0.15) is 49.7 Å². The normalized spacial score (nSPS) is 18.6. The van der Waals surface area contributed by atoms with Gasteiger partial charge in [-0.2, -0.15) is 0 Å². The smallest absolute Gasteiger partial charge is 0.222 e. The molecule has 0 N–H and O–H groups in total. The molecule has 3 rings (SSSR count). The number of unbranched alkanes of at least 4 members (excludes halogenated alkanes) is 2. The lowest BCUT2D eigenvalue weighted by Crippen LogP contribution is -2.48. The first-order valence-electron chi connectivity index (χ1n) is 9.77. The molecule has 1 aromatic rings. The molecule has 144 valence electrons. The van der Waals surface area contributed by atoms with E-state index in [0.717, 1.165) is 70.6 Å². The van der Waals surface area contributed by atoms with Crippen LogP contribution >= 0.6 is 0 Å². The summed E-state index contributed by atoms with van der Waals surface area (Å²) in [5, 5.41) is 0. The minimum Gasteiger partial charge on any atom is -0.496 e. The predicted molar refractivity (Wildman–Crippen MR) is 100 cm³/mol. The summed E-state index contributed by atoms with van der Waals surface area (Å²) in [5.41, 5.74) is 2.24. The third-order valence-electron chi connectivity index (χ3n) is 5.70. The summed E-state index contributed by atoms with van der Waals surface area (Å²) in [6.07, 6.45) is 6.26. The number of carbonyl (C=O) groups is 1. The number of fused-ring (bicyclic) bond motifs is 2. The van der Waals surface area contributed by atoms with Gasteiger partial charge in [-0.05, 0) is 43.7 Å². The van der Waals surface area contributed by atoms with Crippen LogP contribution in [-0.4, -0.2) is 51.3 Å². The number of likely N-dealkylation sites (tertiary alicyclic amines) is 1. The van der Waals surface area contributed by atoms with Crippen LogP contribution in [0, 0.1) is 0 Å². The third-order valence-corrected chi connectivity index (χ3v) is 5.70. The summed E-state index contributed by atoms with van der Waals surface area (Å²) in [6, 6.07) is 6.26.